The molecule has 0 aliphatic heterocycles. The van der Waals surface area contributed by atoms with Crippen molar-refractivity contribution in [2.75, 3.05) is 5.32 Å². The summed E-state index contributed by atoms with van der Waals surface area (Å²) in [6.07, 6.45) is 2.13. The van der Waals surface area contributed by atoms with Crippen molar-refractivity contribution in [3.05, 3.63) is 64.3 Å². The van der Waals surface area contributed by atoms with Crippen molar-refractivity contribution < 1.29 is 9.21 Å². The number of carbonyl (C=O) groups is 1. The van der Waals surface area contributed by atoms with Gasteiger partial charge >= 0.3 is 0 Å². The van der Waals surface area contributed by atoms with Crippen LogP contribution in [-0.2, 0) is 4.79 Å². The van der Waals surface area contributed by atoms with Gasteiger partial charge in [0, 0.05) is 6.42 Å². The van der Waals surface area contributed by atoms with Crippen LogP contribution in [0.15, 0.2) is 57.7 Å². The van der Waals surface area contributed by atoms with Crippen molar-refractivity contribution in [2.24, 2.45) is 0 Å². The lowest BCUT2D eigenvalue weighted by molar-refractivity contribution is -0.116. The van der Waals surface area contributed by atoms with Crippen LogP contribution in [0.3, 0.4) is 0 Å². The third-order valence-electron chi connectivity index (χ3n) is 4.19. The van der Waals surface area contributed by atoms with Gasteiger partial charge in [-0.1, -0.05) is 55.8 Å². The molecular weight excluding hydrogens is 314 g/mol. The summed E-state index contributed by atoms with van der Waals surface area (Å²) in [7, 11) is 0. The molecule has 0 saturated carbocycles. The number of para-hydroxylation sites is 1. The molecule has 25 heavy (non-hydrogen) atoms. The number of carbonyl (C=O) groups excluding carboxylic acids is 1. The highest BCUT2D eigenvalue weighted by Gasteiger charge is 2.18. The van der Waals surface area contributed by atoms with Gasteiger partial charge in [0.2, 0.25) is 17.2 Å². The van der Waals surface area contributed by atoms with Crippen molar-refractivity contribution in [1.82, 2.24) is 0 Å². The third-order valence-corrected chi connectivity index (χ3v) is 4.19. The molecule has 0 aliphatic rings. The van der Waals surface area contributed by atoms with Gasteiger partial charge < -0.3 is 4.42 Å². The number of amides is 1. The normalized spacial score (nSPS) is 10.8. The number of benzene rings is 2. The summed E-state index contributed by atoms with van der Waals surface area (Å²) in [5.74, 6) is 0.0780. The smallest absolute Gasteiger partial charge is 0.226 e. The first-order valence-electron chi connectivity index (χ1n) is 8.53. The third kappa shape index (κ3) is 3.48. The summed E-state index contributed by atoms with van der Waals surface area (Å²) in [6.45, 7) is 3.92. The summed E-state index contributed by atoms with van der Waals surface area (Å²) in [5, 5.41) is 3.32. The summed E-state index contributed by atoms with van der Waals surface area (Å²) in [6, 6.07) is 14.8. The van der Waals surface area contributed by atoms with Gasteiger partial charge in [-0.3, -0.25) is 14.9 Å². The Morgan fingerprint density at radius 1 is 1.08 bits per heavy atom. The molecule has 1 N–H and O–H groups in total. The van der Waals surface area contributed by atoms with E-state index in [1.165, 1.54) is 0 Å². The molecule has 4 nitrogen and oxygen atoms in total. The minimum absolute atomic E-state index is 0.137. The van der Waals surface area contributed by atoms with Crippen molar-refractivity contribution >= 4 is 22.8 Å². The van der Waals surface area contributed by atoms with Crippen LogP contribution in [0.5, 0.6) is 0 Å². The SMILES string of the molecule is CCCCC(=O)Nc1oc2c(C)cccc2c(=O)c1-c1ccccc1. The fourth-order valence-electron chi connectivity index (χ4n) is 2.84. The minimum Gasteiger partial charge on any atom is -0.439 e. The second-order valence-corrected chi connectivity index (χ2v) is 6.10. The molecule has 0 aliphatic carbocycles. The molecule has 0 unspecified atom stereocenters. The van der Waals surface area contributed by atoms with E-state index < -0.39 is 0 Å². The second kappa shape index (κ2) is 7.34. The maximum atomic E-state index is 13.1. The molecule has 128 valence electrons. The Hall–Kier alpha value is -2.88. The van der Waals surface area contributed by atoms with Crippen LogP contribution in [0.2, 0.25) is 0 Å². The molecule has 3 aromatic rings. The molecule has 3 rings (SSSR count). The molecule has 4 heteroatoms. The number of hydrogen-bond donors (Lipinski definition) is 1. The fraction of sp³-hybridized carbons (Fsp3) is 0.238. The summed E-state index contributed by atoms with van der Waals surface area (Å²) in [5.41, 5.74) is 2.35. The summed E-state index contributed by atoms with van der Waals surface area (Å²) < 4.78 is 5.98. The van der Waals surface area contributed by atoms with E-state index in [0.29, 0.717) is 23.0 Å². The highest BCUT2D eigenvalue weighted by Crippen LogP contribution is 2.30. The van der Waals surface area contributed by atoms with Gasteiger partial charge in [0.1, 0.15) is 5.58 Å². The fourth-order valence-corrected chi connectivity index (χ4v) is 2.84. The number of anilines is 1. The molecule has 0 saturated heterocycles. The largest absolute Gasteiger partial charge is 0.439 e. The average molecular weight is 335 g/mol. The molecule has 1 heterocycles. The Morgan fingerprint density at radius 3 is 2.56 bits per heavy atom. The van der Waals surface area contributed by atoms with E-state index in [2.05, 4.69) is 5.32 Å². The Balaban J connectivity index is 2.20. The van der Waals surface area contributed by atoms with E-state index in [0.717, 1.165) is 24.0 Å². The Kier molecular flexibility index (Phi) is 4.98. The average Bonchev–Trinajstić information content (AvgIpc) is 2.62. The molecule has 1 amide bonds. The zero-order chi connectivity index (χ0) is 17.8. The predicted molar refractivity (Wildman–Crippen MR) is 101 cm³/mol. The molecule has 0 fully saturated rings. The lowest BCUT2D eigenvalue weighted by Crippen LogP contribution is -2.16. The van der Waals surface area contributed by atoms with Crippen LogP contribution in [0.25, 0.3) is 22.1 Å². The predicted octanol–water partition coefficient (Wildman–Crippen LogP) is 4.90. The van der Waals surface area contributed by atoms with Gasteiger partial charge in [0.15, 0.2) is 0 Å². The van der Waals surface area contributed by atoms with Gasteiger partial charge in [-0.05, 0) is 30.5 Å². The minimum atomic E-state index is -0.143. The summed E-state index contributed by atoms with van der Waals surface area (Å²) in [4.78, 5) is 25.3. The topological polar surface area (TPSA) is 59.3 Å². The number of nitrogens with one attached hydrogen (secondary N) is 1. The first-order chi connectivity index (χ1) is 12.1. The number of hydrogen-bond acceptors (Lipinski definition) is 3. The number of aryl methyl sites for hydroxylation is 1. The van der Waals surface area contributed by atoms with E-state index in [1.807, 2.05) is 56.3 Å². The lowest BCUT2D eigenvalue weighted by atomic mass is 10.0. The summed E-state index contributed by atoms with van der Waals surface area (Å²) >= 11 is 0. The van der Waals surface area contributed by atoms with E-state index in [-0.39, 0.29) is 17.2 Å². The molecule has 0 spiro atoms. The van der Waals surface area contributed by atoms with Gasteiger partial charge in [0.25, 0.3) is 0 Å². The van der Waals surface area contributed by atoms with Crippen LogP contribution in [0, 0.1) is 6.92 Å². The highest BCUT2D eigenvalue weighted by atomic mass is 16.4. The molecule has 2 aromatic carbocycles. The Morgan fingerprint density at radius 2 is 1.84 bits per heavy atom. The van der Waals surface area contributed by atoms with Crippen LogP contribution in [0.1, 0.15) is 31.7 Å². The Labute approximate surface area is 146 Å². The first-order valence-corrected chi connectivity index (χ1v) is 8.53. The van der Waals surface area contributed by atoms with E-state index >= 15 is 0 Å². The zero-order valence-electron chi connectivity index (χ0n) is 14.5. The van der Waals surface area contributed by atoms with Gasteiger partial charge in [-0.25, -0.2) is 0 Å². The number of unbranched alkanes of at least 4 members (excludes halogenated alkanes) is 1. The highest BCUT2D eigenvalue weighted by molar-refractivity contribution is 5.96. The van der Waals surface area contributed by atoms with Crippen LogP contribution in [0.4, 0.5) is 5.88 Å². The van der Waals surface area contributed by atoms with E-state index in [1.54, 1.807) is 6.07 Å². The zero-order valence-corrected chi connectivity index (χ0v) is 14.5. The number of rotatable bonds is 5. The Bertz CT molecular complexity index is 958. The molecule has 0 bridgehead atoms. The lowest BCUT2D eigenvalue weighted by Gasteiger charge is -2.12. The van der Waals surface area contributed by atoms with Crippen molar-refractivity contribution in [3.8, 4) is 11.1 Å². The van der Waals surface area contributed by atoms with Crippen LogP contribution >= 0.6 is 0 Å². The first kappa shape index (κ1) is 17.0. The molecular formula is C21H21NO3. The van der Waals surface area contributed by atoms with Crippen molar-refractivity contribution in [3.63, 3.8) is 0 Å². The molecule has 0 atom stereocenters. The quantitative estimate of drug-likeness (QED) is 0.721. The van der Waals surface area contributed by atoms with Crippen molar-refractivity contribution in [1.29, 1.82) is 0 Å². The van der Waals surface area contributed by atoms with Gasteiger partial charge in [0.05, 0.1) is 10.9 Å². The molecule has 1 aromatic heterocycles. The van der Waals surface area contributed by atoms with E-state index in [4.69, 9.17) is 4.42 Å². The molecule has 0 radical (unpaired) electrons. The van der Waals surface area contributed by atoms with E-state index in [9.17, 15) is 9.59 Å². The standard InChI is InChI=1S/C21H21NO3/c1-3-4-13-17(23)22-21-18(15-10-6-5-7-11-15)19(24)16-12-8-9-14(2)20(16)25-21/h5-12H,3-4,13H2,1-2H3,(H,22,23). The maximum absolute atomic E-state index is 13.1. The van der Waals surface area contributed by atoms with Gasteiger partial charge in [-0.2, -0.15) is 0 Å². The van der Waals surface area contributed by atoms with Crippen LogP contribution in [-0.4, -0.2) is 5.91 Å². The van der Waals surface area contributed by atoms with Crippen molar-refractivity contribution in [2.45, 2.75) is 33.1 Å². The van der Waals surface area contributed by atoms with Crippen LogP contribution < -0.4 is 10.7 Å². The maximum Gasteiger partial charge on any atom is 0.226 e. The number of fused-ring (bicyclic) bond motifs is 1. The monoisotopic (exact) mass is 335 g/mol. The second-order valence-electron chi connectivity index (χ2n) is 6.10. The van der Waals surface area contributed by atoms with Gasteiger partial charge in [-0.15, -0.1) is 0 Å².